The molecule has 2 aliphatic rings. The number of anilines is 1. The number of thiazole rings is 1. The van der Waals surface area contributed by atoms with Gasteiger partial charge in [0.15, 0.2) is 5.13 Å². The van der Waals surface area contributed by atoms with Crippen LogP contribution in [0, 0.1) is 12.8 Å². The molecule has 1 atom stereocenters. The van der Waals surface area contributed by atoms with Crippen LogP contribution < -0.4 is 5.32 Å². The molecule has 2 amide bonds. The molecule has 0 bridgehead atoms. The highest BCUT2D eigenvalue weighted by Crippen LogP contribution is 2.40. The minimum Gasteiger partial charge on any atom is -0.331 e. The topological polar surface area (TPSA) is 62.3 Å². The average molecular weight is 355 g/mol. The fraction of sp³-hybridized carbons (Fsp3) is 0.421. The lowest BCUT2D eigenvalue weighted by molar-refractivity contribution is -0.114. The number of hydrogen-bond donors (Lipinski definition) is 1. The highest BCUT2D eigenvalue weighted by atomic mass is 32.1. The lowest BCUT2D eigenvalue weighted by Gasteiger charge is -2.23. The van der Waals surface area contributed by atoms with Crippen LogP contribution in [0.5, 0.6) is 0 Å². The molecule has 130 valence electrons. The third-order valence-corrected chi connectivity index (χ3v) is 6.20. The van der Waals surface area contributed by atoms with Crippen molar-refractivity contribution in [3.05, 3.63) is 35.0 Å². The SMILES string of the molecule is CC(=O)Nc1nc(C)c(-c2ccc3c(c2)CN([C@@H](C)C2CC2)C3=O)s1. The quantitative estimate of drug-likeness (QED) is 0.906. The largest absolute Gasteiger partial charge is 0.331 e. The molecule has 1 aromatic heterocycles. The first kappa shape index (κ1) is 16.3. The Morgan fingerprint density at radius 3 is 2.84 bits per heavy atom. The summed E-state index contributed by atoms with van der Waals surface area (Å²) >= 11 is 1.47. The highest BCUT2D eigenvalue weighted by Gasteiger charge is 2.38. The molecule has 5 nitrogen and oxygen atoms in total. The summed E-state index contributed by atoms with van der Waals surface area (Å²) in [4.78, 5) is 31.4. The number of aromatic nitrogens is 1. The molecule has 0 spiro atoms. The molecule has 1 aliphatic heterocycles. The average Bonchev–Trinajstić information content (AvgIpc) is 3.28. The summed E-state index contributed by atoms with van der Waals surface area (Å²) in [6.07, 6.45) is 2.47. The van der Waals surface area contributed by atoms with E-state index in [-0.39, 0.29) is 11.8 Å². The van der Waals surface area contributed by atoms with E-state index in [2.05, 4.69) is 23.3 Å². The van der Waals surface area contributed by atoms with Crippen molar-refractivity contribution in [1.82, 2.24) is 9.88 Å². The lowest BCUT2D eigenvalue weighted by Crippen LogP contribution is -2.34. The number of rotatable bonds is 4. The Kier molecular flexibility index (Phi) is 3.87. The molecule has 1 aliphatic carbocycles. The lowest BCUT2D eigenvalue weighted by atomic mass is 10.0. The van der Waals surface area contributed by atoms with Crippen LogP contribution >= 0.6 is 11.3 Å². The predicted octanol–water partition coefficient (Wildman–Crippen LogP) is 3.83. The molecule has 0 unspecified atom stereocenters. The molecule has 2 aromatic rings. The Morgan fingerprint density at radius 1 is 1.40 bits per heavy atom. The monoisotopic (exact) mass is 355 g/mol. The fourth-order valence-corrected chi connectivity index (χ4v) is 4.52. The van der Waals surface area contributed by atoms with Gasteiger partial charge in [0.1, 0.15) is 0 Å². The van der Waals surface area contributed by atoms with Crippen LogP contribution in [0.15, 0.2) is 18.2 Å². The number of carbonyl (C=O) groups is 2. The summed E-state index contributed by atoms with van der Waals surface area (Å²) in [7, 11) is 0. The Morgan fingerprint density at radius 2 is 2.16 bits per heavy atom. The number of aryl methyl sites for hydroxylation is 1. The molecule has 1 N–H and O–H groups in total. The van der Waals surface area contributed by atoms with Gasteiger partial charge in [0.05, 0.1) is 10.6 Å². The Balaban J connectivity index is 1.63. The van der Waals surface area contributed by atoms with Crippen LogP contribution in [-0.4, -0.2) is 27.7 Å². The minimum atomic E-state index is -0.121. The van der Waals surface area contributed by atoms with Crippen molar-refractivity contribution in [3.63, 3.8) is 0 Å². The van der Waals surface area contributed by atoms with Crippen molar-refractivity contribution in [3.8, 4) is 10.4 Å². The van der Waals surface area contributed by atoms with Crippen molar-refractivity contribution < 1.29 is 9.59 Å². The molecule has 2 heterocycles. The zero-order chi connectivity index (χ0) is 17.7. The first-order valence-corrected chi connectivity index (χ1v) is 9.45. The van der Waals surface area contributed by atoms with Gasteiger partial charge in [0.2, 0.25) is 5.91 Å². The number of amides is 2. The highest BCUT2D eigenvalue weighted by molar-refractivity contribution is 7.19. The van der Waals surface area contributed by atoms with Crippen LogP contribution in [0.25, 0.3) is 10.4 Å². The van der Waals surface area contributed by atoms with Crippen molar-refractivity contribution in [2.24, 2.45) is 5.92 Å². The van der Waals surface area contributed by atoms with Gasteiger partial charge in [-0.1, -0.05) is 17.4 Å². The maximum absolute atomic E-state index is 12.7. The van der Waals surface area contributed by atoms with Crippen LogP contribution in [0.2, 0.25) is 0 Å². The van der Waals surface area contributed by atoms with Crippen molar-refractivity contribution in [2.75, 3.05) is 5.32 Å². The number of nitrogens with zero attached hydrogens (tertiary/aromatic N) is 2. The first-order chi connectivity index (χ1) is 11.9. The van der Waals surface area contributed by atoms with E-state index in [1.54, 1.807) is 0 Å². The number of fused-ring (bicyclic) bond motifs is 1. The zero-order valence-corrected chi connectivity index (χ0v) is 15.4. The van der Waals surface area contributed by atoms with Gasteiger partial charge < -0.3 is 10.2 Å². The van der Waals surface area contributed by atoms with E-state index in [0.717, 1.165) is 27.3 Å². The molecule has 1 fully saturated rings. The van der Waals surface area contributed by atoms with Crippen LogP contribution in [0.1, 0.15) is 48.3 Å². The van der Waals surface area contributed by atoms with Crippen LogP contribution in [0.3, 0.4) is 0 Å². The summed E-state index contributed by atoms with van der Waals surface area (Å²) in [5, 5.41) is 3.35. The number of nitrogens with one attached hydrogen (secondary N) is 1. The van der Waals surface area contributed by atoms with Gasteiger partial charge in [-0.2, -0.15) is 0 Å². The van der Waals surface area contributed by atoms with E-state index in [1.165, 1.54) is 31.1 Å². The molecule has 0 saturated heterocycles. The molecular weight excluding hydrogens is 334 g/mol. The fourth-order valence-electron chi connectivity index (χ4n) is 3.51. The zero-order valence-electron chi connectivity index (χ0n) is 14.6. The van der Waals surface area contributed by atoms with E-state index >= 15 is 0 Å². The number of benzene rings is 1. The van der Waals surface area contributed by atoms with Crippen molar-refractivity contribution in [1.29, 1.82) is 0 Å². The third kappa shape index (κ3) is 2.95. The van der Waals surface area contributed by atoms with Gasteiger partial charge in [-0.05, 0) is 55.9 Å². The smallest absolute Gasteiger partial charge is 0.254 e. The maximum atomic E-state index is 12.7. The van der Waals surface area contributed by atoms with Gasteiger partial charge >= 0.3 is 0 Å². The Labute approximate surface area is 151 Å². The minimum absolute atomic E-state index is 0.121. The second kappa shape index (κ2) is 5.95. The van der Waals surface area contributed by atoms with Crippen molar-refractivity contribution in [2.45, 2.75) is 46.2 Å². The van der Waals surface area contributed by atoms with Gasteiger partial charge in [0, 0.05) is 25.1 Å². The summed E-state index contributed by atoms with van der Waals surface area (Å²) in [5.41, 5.74) is 3.85. The number of carbonyl (C=O) groups excluding carboxylic acids is 2. The van der Waals surface area contributed by atoms with Crippen molar-refractivity contribution >= 4 is 28.3 Å². The Bertz CT molecular complexity index is 870. The molecule has 0 radical (unpaired) electrons. The first-order valence-electron chi connectivity index (χ1n) is 8.63. The second-order valence-electron chi connectivity index (χ2n) is 7.00. The normalized spacial score (nSPS) is 17.6. The van der Waals surface area contributed by atoms with E-state index in [4.69, 9.17) is 0 Å². The van der Waals surface area contributed by atoms with E-state index in [1.807, 2.05) is 24.0 Å². The number of hydrogen-bond acceptors (Lipinski definition) is 4. The van der Waals surface area contributed by atoms with E-state index < -0.39 is 0 Å². The Hall–Kier alpha value is -2.21. The molecular formula is C19H21N3O2S. The van der Waals surface area contributed by atoms with Gasteiger partial charge in [0.25, 0.3) is 5.91 Å². The third-order valence-electron chi connectivity index (χ3n) is 5.07. The second-order valence-corrected chi connectivity index (χ2v) is 8.00. The predicted molar refractivity (Wildman–Crippen MR) is 98.7 cm³/mol. The molecule has 1 aromatic carbocycles. The molecule has 4 rings (SSSR count). The molecule has 1 saturated carbocycles. The summed E-state index contributed by atoms with van der Waals surface area (Å²) < 4.78 is 0. The summed E-state index contributed by atoms with van der Waals surface area (Å²) in [6.45, 7) is 6.27. The van der Waals surface area contributed by atoms with Gasteiger partial charge in [-0.3, -0.25) is 9.59 Å². The van der Waals surface area contributed by atoms with Crippen LogP contribution in [-0.2, 0) is 11.3 Å². The molecule has 6 heteroatoms. The van der Waals surface area contributed by atoms with E-state index in [9.17, 15) is 9.59 Å². The van der Waals surface area contributed by atoms with Gasteiger partial charge in [-0.25, -0.2) is 4.98 Å². The summed E-state index contributed by atoms with van der Waals surface area (Å²) in [6, 6.07) is 6.34. The maximum Gasteiger partial charge on any atom is 0.254 e. The van der Waals surface area contributed by atoms with Gasteiger partial charge in [-0.15, -0.1) is 0 Å². The van der Waals surface area contributed by atoms with Crippen LogP contribution in [0.4, 0.5) is 5.13 Å². The van der Waals surface area contributed by atoms with E-state index in [0.29, 0.717) is 23.6 Å². The molecule has 25 heavy (non-hydrogen) atoms. The summed E-state index contributed by atoms with van der Waals surface area (Å²) in [5.74, 6) is 0.701. The standard InChI is InChI=1S/C19H21N3O2S/c1-10-17(25-19(20-10)21-12(3)23)14-6-7-16-15(8-14)9-22(18(16)24)11(2)13-4-5-13/h6-8,11,13H,4-5,9H2,1-3H3,(H,20,21,23)/t11-/m0/s1.